The highest BCUT2D eigenvalue weighted by Crippen LogP contribution is 2.35. The summed E-state index contributed by atoms with van der Waals surface area (Å²) in [4.78, 5) is 23.7. The molecule has 1 fully saturated rings. The lowest BCUT2D eigenvalue weighted by Gasteiger charge is -2.29. The highest BCUT2D eigenvalue weighted by atomic mass is 16.5. The quantitative estimate of drug-likeness (QED) is 0.842. The third kappa shape index (κ3) is 3.32. The molecule has 0 unspecified atom stereocenters. The van der Waals surface area contributed by atoms with Gasteiger partial charge in [0.25, 0.3) is 5.91 Å². The maximum absolute atomic E-state index is 12.6. The summed E-state index contributed by atoms with van der Waals surface area (Å²) in [6.07, 6.45) is 3.13. The molecule has 22 heavy (non-hydrogen) atoms. The van der Waals surface area contributed by atoms with Gasteiger partial charge in [-0.05, 0) is 25.0 Å². The number of amides is 1. The number of benzene rings is 1. The Kier molecular flexibility index (Phi) is 4.90. The fourth-order valence-electron chi connectivity index (χ4n) is 3.06. The molecule has 0 atom stereocenters. The van der Waals surface area contributed by atoms with Gasteiger partial charge in [-0.1, -0.05) is 18.9 Å². The lowest BCUT2D eigenvalue weighted by atomic mass is 9.92. The molecule has 2 N–H and O–H groups in total. The lowest BCUT2D eigenvalue weighted by molar-refractivity contribution is -0.138. The first-order chi connectivity index (χ1) is 10.5. The third-order valence-corrected chi connectivity index (χ3v) is 4.08. The maximum Gasteiger partial charge on any atom is 0.305 e. The zero-order valence-electron chi connectivity index (χ0n) is 12.8. The van der Waals surface area contributed by atoms with Gasteiger partial charge in [-0.15, -0.1) is 0 Å². The summed E-state index contributed by atoms with van der Waals surface area (Å²) in [5, 5.41) is 12.0. The minimum Gasteiger partial charge on any atom is -0.493 e. The number of ether oxygens (including phenoxy) is 2. The number of methoxy groups -OCH3 is 2. The Morgan fingerprint density at radius 2 is 1.91 bits per heavy atom. The van der Waals surface area contributed by atoms with Crippen LogP contribution in [0.15, 0.2) is 18.2 Å². The molecule has 1 saturated carbocycles. The Balaban J connectivity index is 2.26. The van der Waals surface area contributed by atoms with Crippen molar-refractivity contribution in [2.45, 2.75) is 37.6 Å². The number of carbonyl (C=O) groups excluding carboxylic acids is 1. The second kappa shape index (κ2) is 6.68. The van der Waals surface area contributed by atoms with E-state index in [4.69, 9.17) is 14.6 Å². The van der Waals surface area contributed by atoms with Crippen molar-refractivity contribution in [2.24, 2.45) is 0 Å². The molecule has 6 nitrogen and oxygen atoms in total. The molecule has 1 amide bonds. The molecule has 0 spiro atoms. The first-order valence-electron chi connectivity index (χ1n) is 7.26. The van der Waals surface area contributed by atoms with Crippen LogP contribution < -0.4 is 14.8 Å². The zero-order chi connectivity index (χ0) is 16.2. The molecule has 0 bridgehead atoms. The largest absolute Gasteiger partial charge is 0.493 e. The standard InChI is InChI=1S/C16H21NO5/c1-21-12-7-5-6-11(14(12)22-2)15(20)17-16(10-13(18)19)8-3-4-9-16/h5-7H,3-4,8-10H2,1-2H3,(H,17,20)(H,18,19). The van der Waals surface area contributed by atoms with Crippen molar-refractivity contribution in [2.75, 3.05) is 14.2 Å². The monoisotopic (exact) mass is 307 g/mol. The Bertz CT molecular complexity index is 564. The van der Waals surface area contributed by atoms with Gasteiger partial charge >= 0.3 is 5.97 Å². The molecule has 2 rings (SSSR count). The van der Waals surface area contributed by atoms with E-state index >= 15 is 0 Å². The average molecular weight is 307 g/mol. The Morgan fingerprint density at radius 1 is 1.23 bits per heavy atom. The van der Waals surface area contributed by atoms with Crippen molar-refractivity contribution >= 4 is 11.9 Å². The van der Waals surface area contributed by atoms with Crippen LogP contribution in [0.5, 0.6) is 11.5 Å². The van der Waals surface area contributed by atoms with Crippen LogP contribution in [-0.4, -0.2) is 36.7 Å². The van der Waals surface area contributed by atoms with Crippen LogP contribution in [0.3, 0.4) is 0 Å². The normalized spacial score (nSPS) is 16.1. The number of hydrogen-bond acceptors (Lipinski definition) is 4. The fraction of sp³-hybridized carbons (Fsp3) is 0.500. The second-order valence-corrected chi connectivity index (χ2v) is 5.55. The summed E-state index contributed by atoms with van der Waals surface area (Å²) >= 11 is 0. The first-order valence-corrected chi connectivity index (χ1v) is 7.26. The van der Waals surface area contributed by atoms with Crippen LogP contribution in [0.4, 0.5) is 0 Å². The summed E-state index contributed by atoms with van der Waals surface area (Å²) < 4.78 is 10.5. The molecule has 0 aliphatic heterocycles. The smallest absolute Gasteiger partial charge is 0.305 e. The topological polar surface area (TPSA) is 84.9 Å². The molecule has 0 heterocycles. The number of aliphatic carboxylic acids is 1. The van der Waals surface area contributed by atoms with Crippen molar-refractivity contribution in [3.8, 4) is 11.5 Å². The van der Waals surface area contributed by atoms with Crippen LogP contribution >= 0.6 is 0 Å². The van der Waals surface area contributed by atoms with Crippen molar-refractivity contribution in [3.05, 3.63) is 23.8 Å². The van der Waals surface area contributed by atoms with E-state index in [1.54, 1.807) is 18.2 Å². The van der Waals surface area contributed by atoms with Gasteiger partial charge < -0.3 is 19.9 Å². The van der Waals surface area contributed by atoms with Crippen LogP contribution in [0, 0.1) is 0 Å². The van der Waals surface area contributed by atoms with Crippen LogP contribution in [-0.2, 0) is 4.79 Å². The summed E-state index contributed by atoms with van der Waals surface area (Å²) in [6.45, 7) is 0. The van der Waals surface area contributed by atoms with Crippen molar-refractivity contribution in [3.63, 3.8) is 0 Å². The molecule has 6 heteroatoms. The Morgan fingerprint density at radius 3 is 2.45 bits per heavy atom. The van der Waals surface area contributed by atoms with Gasteiger partial charge in [0.1, 0.15) is 0 Å². The number of carbonyl (C=O) groups is 2. The molecular formula is C16H21NO5. The Labute approximate surface area is 129 Å². The number of para-hydroxylation sites is 1. The van der Waals surface area contributed by atoms with E-state index in [2.05, 4.69) is 5.32 Å². The summed E-state index contributed by atoms with van der Waals surface area (Å²) in [5.41, 5.74) is -0.324. The second-order valence-electron chi connectivity index (χ2n) is 5.55. The molecule has 1 aromatic carbocycles. The number of rotatable bonds is 6. The predicted molar refractivity (Wildman–Crippen MR) is 80.5 cm³/mol. The highest BCUT2D eigenvalue weighted by molar-refractivity contribution is 5.98. The Hall–Kier alpha value is -2.24. The lowest BCUT2D eigenvalue weighted by Crippen LogP contribution is -2.47. The van der Waals surface area contributed by atoms with Crippen LogP contribution in [0.1, 0.15) is 42.5 Å². The minimum absolute atomic E-state index is 0.0645. The molecule has 120 valence electrons. The van der Waals surface area contributed by atoms with Crippen LogP contribution in [0.2, 0.25) is 0 Å². The fourth-order valence-corrected chi connectivity index (χ4v) is 3.06. The molecule has 1 aromatic rings. The van der Waals surface area contributed by atoms with Gasteiger partial charge in [0.2, 0.25) is 0 Å². The molecular weight excluding hydrogens is 286 g/mol. The van der Waals surface area contributed by atoms with E-state index in [-0.39, 0.29) is 12.3 Å². The molecule has 0 radical (unpaired) electrons. The predicted octanol–water partition coefficient (Wildman–Crippen LogP) is 2.22. The van der Waals surface area contributed by atoms with Gasteiger partial charge in [0.15, 0.2) is 11.5 Å². The van der Waals surface area contributed by atoms with E-state index in [0.717, 1.165) is 12.8 Å². The van der Waals surface area contributed by atoms with E-state index in [1.807, 2.05) is 0 Å². The number of hydrogen-bond donors (Lipinski definition) is 2. The van der Waals surface area contributed by atoms with E-state index in [0.29, 0.717) is 29.9 Å². The highest BCUT2D eigenvalue weighted by Gasteiger charge is 2.38. The van der Waals surface area contributed by atoms with Crippen molar-refractivity contribution in [1.29, 1.82) is 0 Å². The van der Waals surface area contributed by atoms with Crippen molar-refractivity contribution in [1.82, 2.24) is 5.32 Å². The molecule has 1 aliphatic carbocycles. The SMILES string of the molecule is COc1cccc(C(=O)NC2(CC(=O)O)CCCC2)c1OC. The molecule has 1 aliphatic rings. The van der Waals surface area contributed by atoms with E-state index in [9.17, 15) is 9.59 Å². The minimum atomic E-state index is -0.903. The first kappa shape index (κ1) is 16.1. The third-order valence-electron chi connectivity index (χ3n) is 4.08. The zero-order valence-corrected chi connectivity index (χ0v) is 12.8. The van der Waals surface area contributed by atoms with Gasteiger partial charge in [0.05, 0.1) is 31.7 Å². The summed E-state index contributed by atoms with van der Waals surface area (Å²) in [5.74, 6) is -0.418. The van der Waals surface area contributed by atoms with E-state index < -0.39 is 11.5 Å². The van der Waals surface area contributed by atoms with Crippen LogP contribution in [0.25, 0.3) is 0 Å². The molecule has 0 aromatic heterocycles. The van der Waals surface area contributed by atoms with E-state index in [1.165, 1.54) is 14.2 Å². The number of carboxylic acid groups (broad SMARTS) is 1. The van der Waals surface area contributed by atoms with Gasteiger partial charge in [-0.25, -0.2) is 0 Å². The number of nitrogens with one attached hydrogen (secondary N) is 1. The van der Waals surface area contributed by atoms with Gasteiger partial charge in [0, 0.05) is 0 Å². The average Bonchev–Trinajstić information content (AvgIpc) is 2.93. The van der Waals surface area contributed by atoms with Crippen molar-refractivity contribution < 1.29 is 24.2 Å². The molecule has 0 saturated heterocycles. The van der Waals surface area contributed by atoms with Gasteiger partial charge in [-0.3, -0.25) is 9.59 Å². The summed E-state index contributed by atoms with van der Waals surface area (Å²) in [6, 6.07) is 5.05. The maximum atomic E-state index is 12.6. The summed E-state index contributed by atoms with van der Waals surface area (Å²) in [7, 11) is 2.97. The number of carboxylic acids is 1. The van der Waals surface area contributed by atoms with Gasteiger partial charge in [-0.2, -0.15) is 0 Å².